The number of hydrogen-bond acceptors (Lipinski definition) is 16. The first-order chi connectivity index (χ1) is 43.7. The van der Waals surface area contributed by atoms with Crippen LogP contribution >= 0.6 is 34.0 Å². The Morgan fingerprint density at radius 2 is 0.638 bits per heavy atom. The van der Waals surface area contributed by atoms with E-state index in [0.717, 1.165) is 63.6 Å². The van der Waals surface area contributed by atoms with E-state index in [1.807, 2.05) is 125 Å². The maximum Gasteiger partial charge on any atom is 0.410 e. The molecule has 3 aliphatic rings. The van der Waals surface area contributed by atoms with Gasteiger partial charge in [0.2, 0.25) is 0 Å². The minimum Gasteiger partial charge on any atom is -0.460 e. The van der Waals surface area contributed by atoms with E-state index >= 15 is 0 Å². The van der Waals surface area contributed by atoms with Crippen molar-refractivity contribution in [3.05, 3.63) is 104 Å². The zero-order valence-corrected chi connectivity index (χ0v) is 61.4. The molecular weight excluding hydrogens is 1250 g/mol. The summed E-state index contributed by atoms with van der Waals surface area (Å²) in [5.41, 5.74) is 2.43. The number of carbonyl (C=O) groups excluding carboxylic acids is 6. The van der Waals surface area contributed by atoms with Crippen LogP contribution in [0.2, 0.25) is 0 Å². The van der Waals surface area contributed by atoms with Crippen molar-refractivity contribution in [2.45, 2.75) is 216 Å². The molecule has 94 heavy (non-hydrogen) atoms. The lowest BCUT2D eigenvalue weighted by Crippen LogP contribution is -2.38. The fourth-order valence-electron chi connectivity index (χ4n) is 13.1. The molecule has 6 heterocycles. The van der Waals surface area contributed by atoms with Crippen molar-refractivity contribution in [1.82, 2.24) is 19.6 Å². The van der Waals surface area contributed by atoms with Crippen LogP contribution < -0.4 is 0 Å². The van der Waals surface area contributed by atoms with Gasteiger partial charge in [-0.05, 0) is 283 Å². The zero-order valence-electron chi connectivity index (χ0n) is 58.9. The number of carbonyl (C=O) groups is 6. The third-order valence-electron chi connectivity index (χ3n) is 17.2. The van der Waals surface area contributed by atoms with Crippen molar-refractivity contribution in [3.63, 3.8) is 0 Å². The topological polar surface area (TPSA) is 171 Å². The molecule has 3 aromatic heterocycles. The molecule has 0 unspecified atom stereocenters. The third-order valence-corrected chi connectivity index (χ3v) is 20.2. The molecule has 0 saturated carbocycles. The van der Waals surface area contributed by atoms with Gasteiger partial charge in [0.1, 0.15) is 33.6 Å². The summed E-state index contributed by atoms with van der Waals surface area (Å²) < 4.78 is 39.0. The molecule has 3 aliphatic heterocycles. The van der Waals surface area contributed by atoms with E-state index in [1.54, 1.807) is 48.7 Å². The normalized spacial score (nSPS) is 18.7. The molecular formula is C75H102N4O12S3. The van der Waals surface area contributed by atoms with E-state index in [-0.39, 0.29) is 53.9 Å². The zero-order chi connectivity index (χ0) is 68.6. The number of esters is 3. The predicted molar refractivity (Wildman–Crippen MR) is 375 cm³/mol. The quantitative estimate of drug-likeness (QED) is 0.0589. The SMILES string of the molecule is CC(C)(C)OC(=O)[C@@H](Cc1csc2ccc(CN(Cc3ccc4scc(C[C@H](C(=O)OC(C)(C)C)[C@H]5CCN(C(=O)OC(C)(C)C)C5)c4c3)Cc3ccc4scc(C[C@H](C(=O)OC(C)(C)C)[C@H]5CCN(C(=O)OC(C)(C)C)C5)c4c3)cc12)[C@H]1CCN(C(=O)OC(C)(C)C)C1. The Hall–Kier alpha value is -6.28. The van der Waals surface area contributed by atoms with Crippen molar-refractivity contribution in [2.75, 3.05) is 39.3 Å². The van der Waals surface area contributed by atoms with Crippen LogP contribution in [0.15, 0.2) is 70.7 Å². The molecule has 3 fully saturated rings. The van der Waals surface area contributed by atoms with Crippen molar-refractivity contribution in [3.8, 4) is 0 Å². The second kappa shape index (κ2) is 28.4. The van der Waals surface area contributed by atoms with Crippen LogP contribution in [0.1, 0.15) is 177 Å². The number of fused-ring (bicyclic) bond motifs is 3. The Labute approximate surface area is 569 Å². The van der Waals surface area contributed by atoms with Gasteiger partial charge in [0.15, 0.2) is 0 Å². The summed E-state index contributed by atoms with van der Waals surface area (Å²) in [6.45, 7) is 38.2. The Morgan fingerprint density at radius 1 is 0.394 bits per heavy atom. The summed E-state index contributed by atoms with van der Waals surface area (Å²) in [4.78, 5) is 90.6. The summed E-state index contributed by atoms with van der Waals surface area (Å²) in [7, 11) is 0. The molecule has 3 amide bonds. The van der Waals surface area contributed by atoms with Crippen molar-refractivity contribution < 1.29 is 57.2 Å². The standard InChI is InChI=1S/C75H102N4O12S3/c1-70(2,3)86-64(80)58(49-25-28-77(40-49)67(83)89-73(10,11)12)34-52-43-92-61-22-19-46(31-55(52)61)37-76(38-47-20-23-62-56(32-47)53(44-93-62)35-59(65(81)87-71(4,5)6)50-26-29-78(41-50)68(84)90-74(13,14)15)39-48-21-24-63-57(33-48)54(45-94-63)36-60(66(82)88-72(7,8)9)51-27-30-79(42-51)69(85)91-75(16,17)18/h19-24,31-33,43-45,49-51,58-60H,25-30,34-42H2,1-18H3/t49-,50-,51-,58-,59-,60-/m0/s1. The lowest BCUT2D eigenvalue weighted by Gasteiger charge is -2.28. The molecule has 0 N–H and O–H groups in total. The summed E-state index contributed by atoms with van der Waals surface area (Å²) in [6.07, 6.45) is 2.20. The molecule has 3 saturated heterocycles. The average molecular weight is 1350 g/mol. The maximum atomic E-state index is 14.3. The van der Waals surface area contributed by atoms with Crippen molar-refractivity contribution >= 4 is 100 Å². The van der Waals surface area contributed by atoms with E-state index in [0.29, 0.717) is 97.4 Å². The molecule has 0 bridgehead atoms. The fraction of sp³-hybridized carbons (Fsp3) is 0.600. The van der Waals surface area contributed by atoms with E-state index in [9.17, 15) is 28.8 Å². The average Bonchev–Trinajstić information content (AvgIpc) is 1.63. The number of benzene rings is 3. The van der Waals surface area contributed by atoms with Gasteiger partial charge in [-0.1, -0.05) is 18.2 Å². The van der Waals surface area contributed by atoms with E-state index in [4.69, 9.17) is 28.4 Å². The highest BCUT2D eigenvalue weighted by Gasteiger charge is 2.43. The predicted octanol–water partition coefficient (Wildman–Crippen LogP) is 16.8. The van der Waals surface area contributed by atoms with Gasteiger partial charge in [-0.25, -0.2) is 14.4 Å². The largest absolute Gasteiger partial charge is 0.460 e. The Kier molecular flexibility index (Phi) is 21.8. The van der Waals surface area contributed by atoms with Gasteiger partial charge in [-0.3, -0.25) is 19.3 Å². The van der Waals surface area contributed by atoms with E-state index in [1.165, 1.54) is 0 Å². The minimum atomic E-state index is -0.701. The first-order valence-electron chi connectivity index (χ1n) is 33.5. The third kappa shape index (κ3) is 19.7. The van der Waals surface area contributed by atoms with Crippen molar-refractivity contribution in [2.24, 2.45) is 35.5 Å². The molecule has 512 valence electrons. The molecule has 3 aromatic carbocycles. The van der Waals surface area contributed by atoms with Crippen LogP contribution in [0.3, 0.4) is 0 Å². The maximum absolute atomic E-state index is 14.3. The highest BCUT2D eigenvalue weighted by Crippen LogP contribution is 2.40. The van der Waals surface area contributed by atoms with Gasteiger partial charge >= 0.3 is 36.2 Å². The fourth-order valence-corrected chi connectivity index (χ4v) is 16.0. The van der Waals surface area contributed by atoms with Crippen LogP contribution in [0.4, 0.5) is 14.4 Å². The lowest BCUT2D eigenvalue weighted by molar-refractivity contribution is -0.163. The number of thiophene rings is 3. The molecule has 9 rings (SSSR count). The number of ether oxygens (including phenoxy) is 6. The second-order valence-corrected chi connectivity index (χ2v) is 35.1. The molecule has 0 spiro atoms. The van der Waals surface area contributed by atoms with Crippen molar-refractivity contribution in [1.29, 1.82) is 0 Å². The first kappa shape index (κ1) is 72.0. The molecule has 6 atom stereocenters. The number of amides is 3. The van der Waals surface area contributed by atoms with Gasteiger partial charge < -0.3 is 43.1 Å². The summed E-state index contributed by atoms with van der Waals surface area (Å²) in [5, 5.41) is 9.75. The van der Waals surface area contributed by atoms with Gasteiger partial charge in [0.05, 0.1) is 17.8 Å². The Morgan fingerprint density at radius 3 is 0.872 bits per heavy atom. The van der Waals surface area contributed by atoms with Crippen LogP contribution in [-0.2, 0) is 81.7 Å². The second-order valence-electron chi connectivity index (χ2n) is 32.4. The molecule has 6 aromatic rings. The number of rotatable bonds is 18. The van der Waals surface area contributed by atoms with Gasteiger partial charge in [-0.15, -0.1) is 34.0 Å². The number of hydrogen-bond donors (Lipinski definition) is 0. The van der Waals surface area contributed by atoms with Gasteiger partial charge in [-0.2, -0.15) is 0 Å². The Bertz CT molecular complexity index is 3330. The number of nitrogens with zero attached hydrogens (tertiary/aromatic N) is 4. The lowest BCUT2D eigenvalue weighted by atomic mass is 9.85. The van der Waals surface area contributed by atoms with Gasteiger partial charge in [0, 0.05) is 73.0 Å². The monoisotopic (exact) mass is 1350 g/mol. The highest BCUT2D eigenvalue weighted by molar-refractivity contribution is 7.18. The summed E-state index contributed by atoms with van der Waals surface area (Å²) in [5.74, 6) is -2.66. The molecule has 0 radical (unpaired) electrons. The van der Waals surface area contributed by atoms with E-state index < -0.39 is 51.4 Å². The van der Waals surface area contributed by atoms with Gasteiger partial charge in [0.25, 0.3) is 0 Å². The Balaban J connectivity index is 1.04. The molecule has 16 nitrogen and oxygen atoms in total. The van der Waals surface area contributed by atoms with Crippen LogP contribution in [0, 0.1) is 35.5 Å². The molecule has 0 aliphatic carbocycles. The number of likely N-dealkylation sites (tertiary alicyclic amines) is 3. The smallest absolute Gasteiger partial charge is 0.410 e. The van der Waals surface area contributed by atoms with E-state index in [2.05, 4.69) is 75.6 Å². The first-order valence-corrected chi connectivity index (χ1v) is 36.1. The molecule has 19 heteroatoms. The van der Waals surface area contributed by atoms with Crippen LogP contribution in [0.5, 0.6) is 0 Å². The van der Waals surface area contributed by atoms with Crippen LogP contribution in [0.25, 0.3) is 30.3 Å². The van der Waals surface area contributed by atoms with Crippen LogP contribution in [-0.4, -0.2) is 129 Å². The summed E-state index contributed by atoms with van der Waals surface area (Å²) in [6, 6.07) is 20.0. The highest BCUT2D eigenvalue weighted by atomic mass is 32.1. The minimum absolute atomic E-state index is 0.126. The summed E-state index contributed by atoms with van der Waals surface area (Å²) >= 11 is 4.98.